The number of nitrogens with one attached hydrogen (secondary N) is 1. The van der Waals surface area contributed by atoms with Crippen molar-refractivity contribution in [1.29, 1.82) is 0 Å². The Morgan fingerprint density at radius 1 is 0.848 bits per heavy atom. The molecule has 0 fully saturated rings. The molecule has 0 heterocycles. The van der Waals surface area contributed by atoms with Crippen LogP contribution in [0.2, 0.25) is 10.0 Å². The fraction of sp³-hybridized carbons (Fsp3) is 0.257. The third-order valence-corrected chi connectivity index (χ3v) is 9.64. The number of carbonyl (C=O) groups is 2. The minimum absolute atomic E-state index is 0.0339. The van der Waals surface area contributed by atoms with Crippen molar-refractivity contribution < 1.29 is 22.4 Å². The molecular formula is C35H36Cl2FN3O4S. The molecule has 0 saturated heterocycles. The summed E-state index contributed by atoms with van der Waals surface area (Å²) in [7, 11) is -4.31. The van der Waals surface area contributed by atoms with E-state index >= 15 is 0 Å². The third kappa shape index (κ3) is 9.09. The van der Waals surface area contributed by atoms with Crippen LogP contribution in [0.1, 0.15) is 37.5 Å². The first-order valence-corrected chi connectivity index (χ1v) is 16.8. The van der Waals surface area contributed by atoms with Crippen molar-refractivity contribution in [3.63, 3.8) is 0 Å². The molecule has 0 saturated carbocycles. The molecule has 0 radical (unpaired) electrons. The van der Waals surface area contributed by atoms with Crippen molar-refractivity contribution >= 4 is 50.7 Å². The fourth-order valence-electron chi connectivity index (χ4n) is 4.80. The van der Waals surface area contributed by atoms with Crippen LogP contribution < -0.4 is 9.62 Å². The van der Waals surface area contributed by atoms with E-state index in [0.29, 0.717) is 5.56 Å². The highest BCUT2D eigenvalue weighted by molar-refractivity contribution is 7.92. The minimum atomic E-state index is -4.31. The van der Waals surface area contributed by atoms with Gasteiger partial charge in [-0.3, -0.25) is 13.9 Å². The van der Waals surface area contributed by atoms with Gasteiger partial charge in [-0.2, -0.15) is 0 Å². The van der Waals surface area contributed by atoms with E-state index in [-0.39, 0.29) is 33.6 Å². The van der Waals surface area contributed by atoms with E-state index in [1.165, 1.54) is 59.5 Å². The average molecular weight is 685 g/mol. The number of halogens is 3. The van der Waals surface area contributed by atoms with Gasteiger partial charge in [0, 0.05) is 18.5 Å². The lowest BCUT2D eigenvalue weighted by Crippen LogP contribution is -2.56. The summed E-state index contributed by atoms with van der Waals surface area (Å²) in [6, 6.07) is 24.3. The summed E-state index contributed by atoms with van der Waals surface area (Å²) in [6.07, 6.45) is 0.146. The summed E-state index contributed by atoms with van der Waals surface area (Å²) in [4.78, 5) is 29.7. The molecule has 0 spiro atoms. The van der Waals surface area contributed by atoms with Crippen LogP contribution >= 0.6 is 23.2 Å². The van der Waals surface area contributed by atoms with E-state index in [0.717, 1.165) is 15.4 Å². The summed E-state index contributed by atoms with van der Waals surface area (Å²) in [6.45, 7) is 6.57. The molecule has 1 atom stereocenters. The van der Waals surface area contributed by atoms with E-state index in [9.17, 15) is 22.4 Å². The lowest BCUT2D eigenvalue weighted by Gasteiger charge is -2.35. The second-order valence-corrected chi connectivity index (χ2v) is 14.7. The first kappa shape index (κ1) is 34.9. The normalized spacial score (nSPS) is 12.3. The van der Waals surface area contributed by atoms with Crippen LogP contribution in [0, 0.1) is 12.7 Å². The molecular weight excluding hydrogens is 648 g/mol. The minimum Gasteiger partial charge on any atom is -0.350 e. The Hall–Kier alpha value is -3.92. The maximum Gasteiger partial charge on any atom is 0.264 e. The highest BCUT2D eigenvalue weighted by Crippen LogP contribution is 2.31. The van der Waals surface area contributed by atoms with Crippen LogP contribution in [0.3, 0.4) is 0 Å². The van der Waals surface area contributed by atoms with Crippen LogP contribution in [-0.2, 0) is 32.6 Å². The number of rotatable bonds is 11. The van der Waals surface area contributed by atoms with Crippen molar-refractivity contribution in [3.05, 3.63) is 130 Å². The van der Waals surface area contributed by atoms with Crippen molar-refractivity contribution in [2.45, 2.75) is 57.1 Å². The molecule has 4 aromatic rings. The van der Waals surface area contributed by atoms with Crippen LogP contribution in [0.5, 0.6) is 0 Å². The largest absolute Gasteiger partial charge is 0.350 e. The standard InChI is InChI=1S/C35H36Cl2FN3O4S/c1-24-10-17-29(18-11-24)46(44,45)41(28-16-19-30(36)31(37)21-28)23-33(42)40(22-26-12-14-27(38)15-13-26)32(34(43)39-35(2,3)4)20-25-8-6-5-7-9-25/h5-19,21,32H,20,22-23H2,1-4H3,(H,39,43)/t32-/m1/s1. The third-order valence-electron chi connectivity index (χ3n) is 7.11. The monoisotopic (exact) mass is 683 g/mol. The summed E-state index contributed by atoms with van der Waals surface area (Å²) >= 11 is 12.5. The first-order valence-electron chi connectivity index (χ1n) is 14.6. The van der Waals surface area contributed by atoms with Gasteiger partial charge >= 0.3 is 0 Å². The second-order valence-electron chi connectivity index (χ2n) is 12.0. The molecule has 0 unspecified atom stereocenters. The number of hydrogen-bond donors (Lipinski definition) is 1. The Bertz CT molecular complexity index is 1780. The maximum absolute atomic E-state index is 14.5. The summed E-state index contributed by atoms with van der Waals surface area (Å²) < 4.78 is 43.1. The molecule has 2 amide bonds. The van der Waals surface area contributed by atoms with Crippen molar-refractivity contribution in [3.8, 4) is 0 Å². The molecule has 0 aliphatic heterocycles. The first-order chi connectivity index (χ1) is 21.6. The number of nitrogens with zero attached hydrogens (tertiary/aromatic N) is 2. The van der Waals surface area contributed by atoms with Crippen LogP contribution in [0.25, 0.3) is 0 Å². The van der Waals surface area contributed by atoms with Gasteiger partial charge in [0.15, 0.2) is 0 Å². The molecule has 0 bridgehead atoms. The lowest BCUT2D eigenvalue weighted by atomic mass is 10.0. The SMILES string of the molecule is Cc1ccc(S(=O)(=O)N(CC(=O)N(Cc2ccc(F)cc2)[C@H](Cc2ccccc2)C(=O)NC(C)(C)C)c2ccc(Cl)c(Cl)c2)cc1. The summed E-state index contributed by atoms with van der Waals surface area (Å²) in [5.74, 6) is -1.53. The fourth-order valence-corrected chi connectivity index (χ4v) is 6.50. The Labute approximate surface area is 280 Å². The van der Waals surface area contributed by atoms with Gasteiger partial charge in [-0.05, 0) is 81.3 Å². The Morgan fingerprint density at radius 2 is 1.48 bits per heavy atom. The van der Waals surface area contributed by atoms with Gasteiger partial charge < -0.3 is 10.2 Å². The van der Waals surface area contributed by atoms with Gasteiger partial charge in [-0.15, -0.1) is 0 Å². The number of hydrogen-bond acceptors (Lipinski definition) is 4. The predicted molar refractivity (Wildman–Crippen MR) is 181 cm³/mol. The lowest BCUT2D eigenvalue weighted by molar-refractivity contribution is -0.140. The summed E-state index contributed by atoms with van der Waals surface area (Å²) in [5.41, 5.74) is 1.69. The second kappa shape index (κ2) is 14.7. The van der Waals surface area contributed by atoms with Gasteiger partial charge in [0.05, 0.1) is 20.6 Å². The number of benzene rings is 4. The molecule has 0 aromatic heterocycles. The van der Waals surface area contributed by atoms with Crippen LogP contribution in [-0.4, -0.2) is 43.3 Å². The predicted octanol–water partition coefficient (Wildman–Crippen LogP) is 7.19. The van der Waals surface area contributed by atoms with Crippen molar-refractivity contribution in [2.75, 3.05) is 10.8 Å². The maximum atomic E-state index is 14.5. The highest BCUT2D eigenvalue weighted by atomic mass is 35.5. The number of aryl methyl sites for hydroxylation is 1. The zero-order chi connectivity index (χ0) is 33.6. The van der Waals surface area contributed by atoms with E-state index in [4.69, 9.17) is 23.2 Å². The van der Waals surface area contributed by atoms with Gasteiger partial charge in [-0.1, -0.05) is 83.4 Å². The molecule has 46 heavy (non-hydrogen) atoms. The molecule has 4 aromatic carbocycles. The smallest absolute Gasteiger partial charge is 0.264 e. The topological polar surface area (TPSA) is 86.8 Å². The zero-order valence-corrected chi connectivity index (χ0v) is 28.3. The number of sulfonamides is 1. The molecule has 11 heteroatoms. The van der Waals surface area contributed by atoms with Gasteiger partial charge in [-0.25, -0.2) is 12.8 Å². The average Bonchev–Trinajstić information content (AvgIpc) is 2.99. The number of amides is 2. The van der Waals surface area contributed by atoms with Crippen molar-refractivity contribution in [2.24, 2.45) is 0 Å². The van der Waals surface area contributed by atoms with E-state index in [1.807, 2.05) is 58.0 Å². The molecule has 0 aliphatic rings. The zero-order valence-electron chi connectivity index (χ0n) is 26.0. The Kier molecular flexibility index (Phi) is 11.1. The molecule has 242 valence electrons. The van der Waals surface area contributed by atoms with E-state index < -0.39 is 45.8 Å². The Balaban J connectivity index is 1.83. The van der Waals surface area contributed by atoms with E-state index in [2.05, 4.69) is 5.32 Å². The Morgan fingerprint density at radius 3 is 2.07 bits per heavy atom. The quantitative estimate of drug-likeness (QED) is 0.181. The van der Waals surface area contributed by atoms with E-state index in [1.54, 1.807) is 12.1 Å². The van der Waals surface area contributed by atoms with Gasteiger partial charge in [0.25, 0.3) is 10.0 Å². The van der Waals surface area contributed by atoms with Crippen molar-refractivity contribution in [1.82, 2.24) is 10.2 Å². The highest BCUT2D eigenvalue weighted by Gasteiger charge is 2.35. The van der Waals surface area contributed by atoms with Crippen LogP contribution in [0.4, 0.5) is 10.1 Å². The molecule has 4 rings (SSSR count). The van der Waals surface area contributed by atoms with Crippen LogP contribution in [0.15, 0.2) is 102 Å². The van der Waals surface area contributed by atoms with Gasteiger partial charge in [0.1, 0.15) is 18.4 Å². The number of anilines is 1. The molecule has 0 aliphatic carbocycles. The summed E-state index contributed by atoms with van der Waals surface area (Å²) in [5, 5.41) is 3.29. The number of carbonyl (C=O) groups excluding carboxylic acids is 2. The molecule has 1 N–H and O–H groups in total. The van der Waals surface area contributed by atoms with Gasteiger partial charge in [0.2, 0.25) is 11.8 Å². The molecule has 7 nitrogen and oxygen atoms in total.